The fourth-order valence-electron chi connectivity index (χ4n) is 4.80. The first-order valence-corrected chi connectivity index (χ1v) is 16.9. The number of amides is 2. The molecule has 0 radical (unpaired) electrons. The maximum Gasteiger partial charge on any atom is 0.332 e. The second-order valence-corrected chi connectivity index (χ2v) is 12.3. The molecule has 1 aliphatic rings. The standard InChI is InChI=1S/C35H40N4O10S/c1-37(32-9-5-6-18-36-32)19-22-46-28-14-10-27(11-15-28)24-31-34(41)38(35(42)50-31)25-48-33(40)17-13-26-12-16-29(30(23-26)45-2)47-20-7-3-4-8-21-49-39(43)44/h5-6,9-18,23,31H,3-4,7-8,19-22,24-25H2,1-2H3/b17-13+. The summed E-state index contributed by atoms with van der Waals surface area (Å²) in [4.78, 5) is 59.6. The van der Waals surface area contributed by atoms with Crippen molar-refractivity contribution < 1.29 is 43.3 Å². The number of esters is 1. The number of thioether (sulfide) groups is 1. The molecule has 14 nitrogen and oxygen atoms in total. The van der Waals surface area contributed by atoms with Gasteiger partial charge in [-0.25, -0.2) is 14.7 Å². The molecule has 0 saturated carbocycles. The molecule has 1 aliphatic heterocycles. The van der Waals surface area contributed by atoms with Gasteiger partial charge in [-0.15, -0.1) is 10.1 Å². The minimum atomic E-state index is -0.795. The minimum Gasteiger partial charge on any atom is -0.493 e. The zero-order valence-electron chi connectivity index (χ0n) is 27.9. The van der Waals surface area contributed by atoms with Crippen LogP contribution in [0.3, 0.4) is 0 Å². The number of benzene rings is 2. The van der Waals surface area contributed by atoms with Gasteiger partial charge in [0.15, 0.2) is 18.2 Å². The van der Waals surface area contributed by atoms with Crippen LogP contribution in [0, 0.1) is 10.1 Å². The van der Waals surface area contributed by atoms with Gasteiger partial charge in [0.2, 0.25) is 5.91 Å². The van der Waals surface area contributed by atoms with Crippen molar-refractivity contribution in [2.45, 2.75) is 37.4 Å². The molecule has 15 heteroatoms. The number of aromatic nitrogens is 1. The van der Waals surface area contributed by atoms with E-state index in [1.54, 1.807) is 24.4 Å². The molecule has 0 bridgehead atoms. The summed E-state index contributed by atoms with van der Waals surface area (Å²) < 4.78 is 22.3. The van der Waals surface area contributed by atoms with Crippen molar-refractivity contribution in [3.63, 3.8) is 0 Å². The summed E-state index contributed by atoms with van der Waals surface area (Å²) in [6.07, 6.45) is 7.78. The Labute approximate surface area is 294 Å². The van der Waals surface area contributed by atoms with Crippen LogP contribution in [0.1, 0.15) is 36.8 Å². The number of hydrogen-bond acceptors (Lipinski definition) is 13. The van der Waals surface area contributed by atoms with Crippen molar-refractivity contribution in [1.82, 2.24) is 9.88 Å². The molecule has 2 amide bonds. The third-order valence-electron chi connectivity index (χ3n) is 7.51. The molecule has 1 fully saturated rings. The smallest absolute Gasteiger partial charge is 0.332 e. The number of hydrogen-bond donors (Lipinski definition) is 0. The highest BCUT2D eigenvalue weighted by atomic mass is 32.2. The summed E-state index contributed by atoms with van der Waals surface area (Å²) in [5.41, 5.74) is 1.52. The Morgan fingerprint density at radius 3 is 2.50 bits per heavy atom. The van der Waals surface area contributed by atoms with Gasteiger partial charge in [0.1, 0.15) is 18.2 Å². The molecular weight excluding hydrogens is 668 g/mol. The molecule has 0 aliphatic carbocycles. The van der Waals surface area contributed by atoms with Gasteiger partial charge >= 0.3 is 5.97 Å². The van der Waals surface area contributed by atoms with E-state index in [9.17, 15) is 24.5 Å². The Kier molecular flexibility index (Phi) is 14.7. The lowest BCUT2D eigenvalue weighted by molar-refractivity contribution is -0.757. The first-order chi connectivity index (χ1) is 24.2. The summed E-state index contributed by atoms with van der Waals surface area (Å²) in [5.74, 6) is 1.42. The van der Waals surface area contributed by atoms with E-state index in [-0.39, 0.29) is 6.61 Å². The Bertz CT molecular complexity index is 1610. The van der Waals surface area contributed by atoms with Crippen molar-refractivity contribution in [2.24, 2.45) is 0 Å². The van der Waals surface area contributed by atoms with E-state index in [1.165, 1.54) is 19.3 Å². The summed E-state index contributed by atoms with van der Waals surface area (Å²) >= 11 is 0.907. The first kappa shape index (κ1) is 37.5. The topological polar surface area (TPSA) is 160 Å². The second-order valence-electron chi connectivity index (χ2n) is 11.1. The van der Waals surface area contributed by atoms with E-state index in [0.717, 1.165) is 47.3 Å². The Balaban J connectivity index is 1.16. The van der Waals surface area contributed by atoms with E-state index in [2.05, 4.69) is 9.82 Å². The van der Waals surface area contributed by atoms with Gasteiger partial charge < -0.3 is 28.7 Å². The molecule has 2 aromatic carbocycles. The van der Waals surface area contributed by atoms with Crippen molar-refractivity contribution in [1.29, 1.82) is 0 Å². The summed E-state index contributed by atoms with van der Waals surface area (Å²) in [7, 11) is 3.45. The third-order valence-corrected chi connectivity index (χ3v) is 8.59. The zero-order valence-corrected chi connectivity index (χ0v) is 28.8. The monoisotopic (exact) mass is 708 g/mol. The quantitative estimate of drug-likeness (QED) is 0.0445. The predicted octanol–water partition coefficient (Wildman–Crippen LogP) is 5.57. The molecule has 0 spiro atoms. The van der Waals surface area contributed by atoms with E-state index in [1.807, 2.05) is 54.4 Å². The fourth-order valence-corrected chi connectivity index (χ4v) is 5.82. The average molecular weight is 709 g/mol. The van der Waals surface area contributed by atoms with Crippen molar-refractivity contribution >= 4 is 40.8 Å². The van der Waals surface area contributed by atoms with E-state index >= 15 is 0 Å². The number of likely N-dealkylation sites (N-methyl/N-ethyl adjacent to an activating group) is 1. The predicted molar refractivity (Wildman–Crippen MR) is 187 cm³/mol. The van der Waals surface area contributed by atoms with Crippen LogP contribution in [0.2, 0.25) is 0 Å². The number of imide groups is 1. The lowest BCUT2D eigenvalue weighted by Gasteiger charge is -2.18. The van der Waals surface area contributed by atoms with Crippen LogP contribution in [0.5, 0.6) is 17.2 Å². The number of ether oxygens (including phenoxy) is 4. The first-order valence-electron chi connectivity index (χ1n) is 16.0. The van der Waals surface area contributed by atoms with Crippen LogP contribution in [0.15, 0.2) is 72.9 Å². The average Bonchev–Trinajstić information content (AvgIpc) is 3.39. The van der Waals surface area contributed by atoms with Gasteiger partial charge in [-0.3, -0.25) is 9.59 Å². The summed E-state index contributed by atoms with van der Waals surface area (Å²) in [6.45, 7) is 1.16. The van der Waals surface area contributed by atoms with Crippen LogP contribution >= 0.6 is 11.8 Å². The highest BCUT2D eigenvalue weighted by Crippen LogP contribution is 2.31. The van der Waals surface area contributed by atoms with Gasteiger partial charge in [-0.05, 0) is 72.9 Å². The number of methoxy groups -OCH3 is 1. The molecule has 1 aromatic heterocycles. The highest BCUT2D eigenvalue weighted by Gasteiger charge is 2.40. The number of carbonyl (C=O) groups excluding carboxylic acids is 3. The van der Waals surface area contributed by atoms with Gasteiger partial charge in [0.05, 0.1) is 32.1 Å². The highest BCUT2D eigenvalue weighted by molar-refractivity contribution is 8.15. The van der Waals surface area contributed by atoms with Crippen molar-refractivity contribution in [3.05, 3.63) is 94.2 Å². The number of anilines is 1. The minimum absolute atomic E-state index is 0.0825. The molecule has 50 heavy (non-hydrogen) atoms. The van der Waals surface area contributed by atoms with E-state index in [0.29, 0.717) is 55.4 Å². The number of unbranched alkanes of at least 4 members (excludes halogenated alkanes) is 3. The second kappa shape index (κ2) is 19.6. The number of carbonyl (C=O) groups is 3. The summed E-state index contributed by atoms with van der Waals surface area (Å²) in [5, 5.41) is 8.27. The Morgan fingerprint density at radius 1 is 1.00 bits per heavy atom. The largest absolute Gasteiger partial charge is 0.493 e. The SMILES string of the molecule is COc1cc(/C=C/C(=O)OCN2C(=O)SC(Cc3ccc(OCCN(C)c4ccccn4)cc3)C2=O)ccc1OCCCCCCO[N+](=O)[O-]. The number of nitrogens with zero attached hydrogens (tertiary/aromatic N) is 4. The van der Waals surface area contributed by atoms with Crippen LogP contribution in [0.25, 0.3) is 6.08 Å². The van der Waals surface area contributed by atoms with Gasteiger partial charge in [-0.2, -0.15) is 0 Å². The van der Waals surface area contributed by atoms with Gasteiger partial charge in [0, 0.05) is 19.3 Å². The third kappa shape index (κ3) is 12.0. The van der Waals surface area contributed by atoms with Crippen LogP contribution < -0.4 is 19.1 Å². The van der Waals surface area contributed by atoms with Gasteiger partial charge in [0.25, 0.3) is 10.3 Å². The molecule has 1 atom stereocenters. The van der Waals surface area contributed by atoms with E-state index < -0.39 is 34.2 Å². The molecule has 2 heterocycles. The number of pyridine rings is 1. The van der Waals surface area contributed by atoms with Crippen LogP contribution in [-0.2, 0) is 25.6 Å². The maximum atomic E-state index is 13.0. The molecule has 1 unspecified atom stereocenters. The summed E-state index contributed by atoms with van der Waals surface area (Å²) in [6, 6.07) is 18.3. The molecule has 4 rings (SSSR count). The van der Waals surface area contributed by atoms with E-state index in [4.69, 9.17) is 18.9 Å². The lowest BCUT2D eigenvalue weighted by Crippen LogP contribution is -2.34. The van der Waals surface area contributed by atoms with Gasteiger partial charge in [-0.1, -0.05) is 48.9 Å². The Morgan fingerprint density at radius 2 is 1.78 bits per heavy atom. The van der Waals surface area contributed by atoms with Crippen LogP contribution in [-0.4, -0.2) is 84.6 Å². The molecule has 266 valence electrons. The molecular formula is C35H40N4O10S. The molecule has 0 N–H and O–H groups in total. The Hall–Kier alpha value is -5.31. The normalized spacial score (nSPS) is 14.1. The molecule has 1 saturated heterocycles. The lowest BCUT2D eigenvalue weighted by atomic mass is 10.1. The zero-order chi connectivity index (χ0) is 35.7. The van der Waals surface area contributed by atoms with Crippen LogP contribution in [0.4, 0.5) is 10.6 Å². The fraction of sp³-hybridized carbons (Fsp3) is 0.371. The maximum absolute atomic E-state index is 13.0. The number of rotatable bonds is 21. The molecule has 3 aromatic rings. The van der Waals surface area contributed by atoms with Crippen molar-refractivity contribution in [2.75, 3.05) is 52.2 Å². The van der Waals surface area contributed by atoms with Crippen molar-refractivity contribution in [3.8, 4) is 17.2 Å².